The van der Waals surface area contributed by atoms with Gasteiger partial charge in [0.05, 0.1) is 18.8 Å². The molecule has 1 aliphatic rings. The maximum absolute atomic E-state index is 4.04. The lowest BCUT2D eigenvalue weighted by Crippen LogP contribution is -1.76. The second-order valence-corrected chi connectivity index (χ2v) is 3.54. The molecule has 1 aliphatic heterocycles. The average Bonchev–Trinajstić information content (AvgIpc) is 2.87. The molecule has 4 heteroatoms. The van der Waals surface area contributed by atoms with Gasteiger partial charge in [0.1, 0.15) is 0 Å². The number of rotatable bonds is 2. The highest BCUT2D eigenvalue weighted by Gasteiger charge is 2.13. The van der Waals surface area contributed by atoms with Gasteiger partial charge in [-0.25, -0.2) is 0 Å². The molecule has 0 bridgehead atoms. The molecule has 1 fully saturated rings. The Labute approximate surface area is 79.2 Å². The van der Waals surface area contributed by atoms with Gasteiger partial charge in [0.2, 0.25) is 0 Å². The number of hydrogen-bond donors (Lipinski definition) is 0. The lowest BCUT2D eigenvalue weighted by Gasteiger charge is -1.92. The van der Waals surface area contributed by atoms with Crippen LogP contribution in [0.4, 0.5) is 5.69 Å². The molecule has 1 saturated heterocycles. The minimum absolute atomic E-state index is 0.894. The fourth-order valence-electron chi connectivity index (χ4n) is 0.757. The average molecular weight is 226 g/mol. The van der Waals surface area contributed by atoms with E-state index >= 15 is 0 Å². The van der Waals surface area contributed by atoms with Crippen molar-refractivity contribution in [2.24, 2.45) is 10.3 Å². The molecule has 2 rings (SSSR count). The van der Waals surface area contributed by atoms with Crippen LogP contribution in [0.25, 0.3) is 0 Å². The maximum atomic E-state index is 4.04. The first-order valence-corrected chi connectivity index (χ1v) is 4.56. The first kappa shape index (κ1) is 7.73. The van der Waals surface area contributed by atoms with Crippen molar-refractivity contribution in [3.05, 3.63) is 28.7 Å². The summed E-state index contributed by atoms with van der Waals surface area (Å²) in [6, 6.07) is 7.77. The highest BCUT2D eigenvalue weighted by atomic mass is 79.9. The summed E-state index contributed by atoms with van der Waals surface area (Å²) < 4.78 is 1.06. The summed E-state index contributed by atoms with van der Waals surface area (Å²) in [6.45, 7) is 2.08. The first-order chi connectivity index (χ1) is 5.84. The molecule has 0 unspecified atom stereocenters. The zero-order valence-corrected chi connectivity index (χ0v) is 8.03. The zero-order valence-electron chi connectivity index (χ0n) is 6.44. The molecule has 0 saturated carbocycles. The summed E-state index contributed by atoms with van der Waals surface area (Å²) >= 11 is 3.36. The summed E-state index contributed by atoms with van der Waals surface area (Å²) in [5.74, 6) is 0. The van der Waals surface area contributed by atoms with Crippen LogP contribution in [0, 0.1) is 0 Å². The van der Waals surface area contributed by atoms with Crippen molar-refractivity contribution >= 4 is 21.6 Å². The second kappa shape index (κ2) is 3.23. The van der Waals surface area contributed by atoms with E-state index in [1.807, 2.05) is 29.3 Å². The third-order valence-electron chi connectivity index (χ3n) is 1.54. The highest BCUT2D eigenvalue weighted by molar-refractivity contribution is 9.10. The van der Waals surface area contributed by atoms with Gasteiger partial charge in [-0.1, -0.05) is 21.2 Å². The Morgan fingerprint density at radius 2 is 1.83 bits per heavy atom. The van der Waals surface area contributed by atoms with Gasteiger partial charge in [-0.2, -0.15) is 0 Å². The van der Waals surface area contributed by atoms with E-state index in [2.05, 4.69) is 26.3 Å². The number of nitrogens with zero attached hydrogens (tertiary/aromatic N) is 3. The molecule has 0 aliphatic carbocycles. The maximum Gasteiger partial charge on any atom is 0.0875 e. The normalized spacial score (nSPS) is 15.6. The molecule has 62 valence electrons. The Hall–Kier alpha value is -0.900. The quantitative estimate of drug-likeness (QED) is 0.562. The Balaban J connectivity index is 2.07. The minimum atomic E-state index is 0.894. The summed E-state index contributed by atoms with van der Waals surface area (Å²) in [4.78, 5) is 0. The van der Waals surface area contributed by atoms with Crippen LogP contribution in [0.5, 0.6) is 0 Å². The predicted octanol–water partition coefficient (Wildman–Crippen LogP) is 2.76. The first-order valence-electron chi connectivity index (χ1n) is 3.77. The van der Waals surface area contributed by atoms with Gasteiger partial charge in [-0.05, 0) is 24.3 Å². The molecule has 0 spiro atoms. The third-order valence-corrected chi connectivity index (χ3v) is 2.07. The van der Waals surface area contributed by atoms with Gasteiger partial charge >= 0.3 is 0 Å². The predicted molar refractivity (Wildman–Crippen MR) is 50.2 cm³/mol. The van der Waals surface area contributed by atoms with Gasteiger partial charge in [-0.3, -0.25) is 5.01 Å². The summed E-state index contributed by atoms with van der Waals surface area (Å²) in [5.41, 5.74) is 0.894. The summed E-state index contributed by atoms with van der Waals surface area (Å²) in [7, 11) is 0. The Bertz CT molecular complexity index is 290. The van der Waals surface area contributed by atoms with Crippen LogP contribution >= 0.6 is 15.9 Å². The molecule has 0 amide bonds. The fourth-order valence-corrected chi connectivity index (χ4v) is 1.02. The van der Waals surface area contributed by atoms with Crippen molar-refractivity contribution in [1.82, 2.24) is 5.01 Å². The topological polar surface area (TPSA) is 27.7 Å². The number of benzene rings is 1. The lowest BCUT2D eigenvalue weighted by atomic mass is 10.3. The van der Waals surface area contributed by atoms with Crippen molar-refractivity contribution in [2.45, 2.75) is 0 Å². The second-order valence-electron chi connectivity index (χ2n) is 2.62. The molecule has 1 heterocycles. The van der Waals surface area contributed by atoms with Crippen molar-refractivity contribution in [1.29, 1.82) is 0 Å². The molecular weight excluding hydrogens is 218 g/mol. The number of hydrogen-bond acceptors (Lipinski definition) is 2. The van der Waals surface area contributed by atoms with Crippen molar-refractivity contribution < 1.29 is 0 Å². The third kappa shape index (κ3) is 2.04. The van der Waals surface area contributed by atoms with E-state index in [-0.39, 0.29) is 0 Å². The molecule has 0 atom stereocenters. The molecule has 1 aromatic rings. The van der Waals surface area contributed by atoms with Gasteiger partial charge in [0.25, 0.3) is 0 Å². The van der Waals surface area contributed by atoms with E-state index in [0.29, 0.717) is 0 Å². The van der Waals surface area contributed by atoms with Gasteiger partial charge in [0.15, 0.2) is 0 Å². The highest BCUT2D eigenvalue weighted by Crippen LogP contribution is 2.18. The van der Waals surface area contributed by atoms with E-state index in [1.165, 1.54) is 0 Å². The van der Waals surface area contributed by atoms with Crippen LogP contribution < -0.4 is 0 Å². The van der Waals surface area contributed by atoms with Gasteiger partial charge < -0.3 is 0 Å². The van der Waals surface area contributed by atoms with E-state index in [4.69, 9.17) is 0 Å². The lowest BCUT2D eigenvalue weighted by molar-refractivity contribution is 0.563. The monoisotopic (exact) mass is 225 g/mol. The van der Waals surface area contributed by atoms with E-state index < -0.39 is 0 Å². The molecule has 0 aromatic heterocycles. The molecule has 1 aromatic carbocycles. The van der Waals surface area contributed by atoms with Crippen LogP contribution in [0.2, 0.25) is 0 Å². The Kier molecular flexibility index (Phi) is 2.08. The van der Waals surface area contributed by atoms with Gasteiger partial charge in [0, 0.05) is 4.47 Å². The van der Waals surface area contributed by atoms with E-state index in [9.17, 15) is 0 Å². The SMILES string of the molecule is Brc1ccc(N=NN2CC2)cc1. The van der Waals surface area contributed by atoms with Crippen molar-refractivity contribution in [3.63, 3.8) is 0 Å². The summed E-state index contributed by atoms with van der Waals surface area (Å²) in [5, 5.41) is 9.92. The molecule has 3 nitrogen and oxygen atoms in total. The van der Waals surface area contributed by atoms with Crippen molar-refractivity contribution in [2.75, 3.05) is 13.1 Å². The van der Waals surface area contributed by atoms with Crippen molar-refractivity contribution in [3.8, 4) is 0 Å². The van der Waals surface area contributed by atoms with E-state index in [1.54, 1.807) is 0 Å². The van der Waals surface area contributed by atoms with Crippen LogP contribution in [-0.4, -0.2) is 18.1 Å². The minimum Gasteiger partial charge on any atom is -0.275 e. The summed E-state index contributed by atoms with van der Waals surface area (Å²) in [6.07, 6.45) is 0. The fraction of sp³-hybridized carbons (Fsp3) is 0.250. The zero-order chi connectivity index (χ0) is 8.39. The molecule has 0 radical (unpaired) electrons. The largest absolute Gasteiger partial charge is 0.275 e. The smallest absolute Gasteiger partial charge is 0.0875 e. The van der Waals surface area contributed by atoms with E-state index in [0.717, 1.165) is 23.2 Å². The van der Waals surface area contributed by atoms with Crippen LogP contribution in [0.3, 0.4) is 0 Å². The standard InChI is InChI=1S/C8H8BrN3/c9-7-1-3-8(4-2-7)10-11-12-5-6-12/h1-4H,5-6H2. The molecule has 12 heavy (non-hydrogen) atoms. The van der Waals surface area contributed by atoms with Gasteiger partial charge in [-0.15, -0.1) is 5.11 Å². The Morgan fingerprint density at radius 3 is 2.42 bits per heavy atom. The van der Waals surface area contributed by atoms with Crippen LogP contribution in [0.1, 0.15) is 0 Å². The molecule has 0 N–H and O–H groups in total. The van der Waals surface area contributed by atoms with Crippen LogP contribution in [0.15, 0.2) is 39.1 Å². The Morgan fingerprint density at radius 1 is 1.17 bits per heavy atom. The number of halogens is 1. The molecular formula is C8H8BrN3. The van der Waals surface area contributed by atoms with Crippen LogP contribution in [-0.2, 0) is 0 Å².